The third-order valence-corrected chi connectivity index (χ3v) is 3.68. The van der Waals surface area contributed by atoms with Crippen molar-refractivity contribution in [2.45, 2.75) is 20.0 Å². The maximum Gasteiger partial charge on any atom is 0.243 e. The Bertz CT molecular complexity index is 500. The number of methoxy groups -OCH3 is 2. The molecule has 1 rings (SSSR count). The van der Waals surface area contributed by atoms with Crippen molar-refractivity contribution in [1.29, 1.82) is 0 Å². The minimum absolute atomic E-state index is 0.168. The van der Waals surface area contributed by atoms with E-state index in [1.807, 2.05) is 0 Å². The second-order valence-electron chi connectivity index (χ2n) is 4.61. The molecule has 124 valence electrons. The van der Waals surface area contributed by atoms with Crippen LogP contribution in [-0.4, -0.2) is 42.8 Å². The Labute approximate surface area is 130 Å². The Balaban J connectivity index is 2.64. The van der Waals surface area contributed by atoms with Crippen LogP contribution in [0.2, 0.25) is 0 Å². The molecule has 0 aliphatic carbocycles. The molecule has 1 unspecified atom stereocenters. The molecule has 0 heterocycles. The number of hydrogen-bond acceptors (Lipinski definition) is 5. The maximum atomic E-state index is 11.5. The first-order chi connectivity index (χ1) is 10.5. The van der Waals surface area contributed by atoms with Gasteiger partial charge in [-0.05, 0) is 24.1 Å². The first kappa shape index (κ1) is 18.5. The largest absolute Gasteiger partial charge is 0.497 e. The van der Waals surface area contributed by atoms with Crippen molar-refractivity contribution < 1.29 is 28.6 Å². The van der Waals surface area contributed by atoms with Gasteiger partial charge in [0.05, 0.1) is 14.2 Å². The Morgan fingerprint density at radius 2 is 1.82 bits per heavy atom. The number of carbonyl (C=O) groups excluding carboxylic acids is 1. The van der Waals surface area contributed by atoms with Crippen LogP contribution in [0.4, 0.5) is 0 Å². The third-order valence-electron chi connectivity index (χ3n) is 2.90. The highest BCUT2D eigenvalue weighted by Gasteiger charge is 2.11. The van der Waals surface area contributed by atoms with Gasteiger partial charge in [-0.1, -0.05) is 0 Å². The van der Waals surface area contributed by atoms with Crippen molar-refractivity contribution in [3.05, 3.63) is 23.8 Å². The number of rotatable bonds is 9. The molecule has 7 nitrogen and oxygen atoms in total. The predicted molar refractivity (Wildman–Crippen MR) is 82.4 cm³/mol. The molecule has 1 N–H and O–H groups in total. The number of hydroxylamine groups is 2. The molecule has 1 amide bonds. The Morgan fingerprint density at radius 1 is 1.23 bits per heavy atom. The monoisotopic (exact) mass is 331 g/mol. The second kappa shape index (κ2) is 9.46. The van der Waals surface area contributed by atoms with E-state index in [0.29, 0.717) is 17.9 Å². The fraction of sp³-hybridized carbons (Fsp3) is 0.500. The van der Waals surface area contributed by atoms with Crippen molar-refractivity contribution >= 4 is 13.9 Å². The summed E-state index contributed by atoms with van der Waals surface area (Å²) in [5, 5.41) is 1.19. The summed E-state index contributed by atoms with van der Waals surface area (Å²) in [4.78, 5) is 25.8. The van der Waals surface area contributed by atoms with Crippen molar-refractivity contribution in [3.8, 4) is 11.5 Å². The smallest absolute Gasteiger partial charge is 0.243 e. The number of benzene rings is 1. The highest BCUT2D eigenvalue weighted by Crippen LogP contribution is 2.23. The molecule has 8 heteroatoms. The standard InChI is InChI=1S/C14H22NO6P/c1-11(16)15(5-4-6-22(17)18)21-10-12-7-13(19-2)9-14(8-12)20-3/h7-9,22H,4-6,10H2,1-3H3,(H,17,18). The van der Waals surface area contributed by atoms with Crippen LogP contribution in [0.3, 0.4) is 0 Å². The van der Waals surface area contributed by atoms with Gasteiger partial charge in [0.25, 0.3) is 0 Å². The summed E-state index contributed by atoms with van der Waals surface area (Å²) < 4.78 is 21.0. The first-order valence-electron chi connectivity index (χ1n) is 6.81. The lowest BCUT2D eigenvalue weighted by Gasteiger charge is -2.20. The average molecular weight is 331 g/mol. The highest BCUT2D eigenvalue weighted by molar-refractivity contribution is 7.37. The van der Waals surface area contributed by atoms with Gasteiger partial charge >= 0.3 is 0 Å². The van der Waals surface area contributed by atoms with Gasteiger partial charge in [0.15, 0.2) is 8.03 Å². The quantitative estimate of drug-likeness (QED) is 0.549. The topological polar surface area (TPSA) is 85.3 Å². The van der Waals surface area contributed by atoms with Gasteiger partial charge in [0.1, 0.15) is 18.1 Å². The Kier molecular flexibility index (Phi) is 7.95. The van der Waals surface area contributed by atoms with E-state index in [1.54, 1.807) is 32.4 Å². The van der Waals surface area contributed by atoms with Gasteiger partial charge in [0, 0.05) is 25.7 Å². The van der Waals surface area contributed by atoms with E-state index in [1.165, 1.54) is 12.0 Å². The lowest BCUT2D eigenvalue weighted by Crippen LogP contribution is -2.30. The van der Waals surface area contributed by atoms with E-state index in [0.717, 1.165) is 5.56 Å². The molecule has 0 aromatic heterocycles. The van der Waals surface area contributed by atoms with Gasteiger partial charge in [-0.15, -0.1) is 0 Å². The molecule has 22 heavy (non-hydrogen) atoms. The molecule has 0 fully saturated rings. The summed E-state index contributed by atoms with van der Waals surface area (Å²) >= 11 is 0. The molecule has 1 aromatic carbocycles. The SMILES string of the molecule is COc1cc(CON(CCC[PH](=O)O)C(C)=O)cc(OC)c1. The number of carbonyl (C=O) groups is 1. The molecule has 0 aliphatic heterocycles. The Hall–Kier alpha value is -1.56. The summed E-state index contributed by atoms with van der Waals surface area (Å²) in [5.74, 6) is 1.00. The molecule has 0 radical (unpaired) electrons. The molecular weight excluding hydrogens is 309 g/mol. The van der Waals surface area contributed by atoms with E-state index in [4.69, 9.17) is 19.2 Å². The average Bonchev–Trinajstić information content (AvgIpc) is 2.49. The third kappa shape index (κ3) is 6.47. The number of nitrogens with zero attached hydrogens (tertiary/aromatic N) is 1. The van der Waals surface area contributed by atoms with Crippen LogP contribution in [-0.2, 0) is 20.8 Å². The predicted octanol–water partition coefficient (Wildman–Crippen LogP) is 1.84. The maximum absolute atomic E-state index is 11.5. The molecule has 0 saturated carbocycles. The zero-order valence-corrected chi connectivity index (χ0v) is 14.0. The molecule has 0 spiro atoms. The van der Waals surface area contributed by atoms with E-state index >= 15 is 0 Å². The van der Waals surface area contributed by atoms with Crippen LogP contribution in [0.5, 0.6) is 11.5 Å². The normalized spacial score (nSPS) is 11.8. The summed E-state index contributed by atoms with van der Waals surface area (Å²) in [5.41, 5.74) is 0.790. The van der Waals surface area contributed by atoms with Gasteiger partial charge in [-0.3, -0.25) is 14.2 Å². The van der Waals surface area contributed by atoms with Crippen LogP contribution in [0, 0.1) is 0 Å². The van der Waals surface area contributed by atoms with E-state index in [2.05, 4.69) is 0 Å². The van der Waals surface area contributed by atoms with Gasteiger partial charge < -0.3 is 14.4 Å². The van der Waals surface area contributed by atoms with E-state index < -0.39 is 8.03 Å². The van der Waals surface area contributed by atoms with Gasteiger partial charge in [-0.25, -0.2) is 5.06 Å². The van der Waals surface area contributed by atoms with Crippen molar-refractivity contribution in [3.63, 3.8) is 0 Å². The highest BCUT2D eigenvalue weighted by atomic mass is 31.1. The van der Waals surface area contributed by atoms with Crippen molar-refractivity contribution in [2.24, 2.45) is 0 Å². The summed E-state index contributed by atoms with van der Waals surface area (Å²) in [6.07, 6.45) is 0.583. The van der Waals surface area contributed by atoms with Crippen LogP contribution >= 0.6 is 8.03 Å². The molecular formula is C14H22NO6P. The van der Waals surface area contributed by atoms with Crippen LogP contribution in [0.25, 0.3) is 0 Å². The molecule has 0 bridgehead atoms. The van der Waals surface area contributed by atoms with E-state index in [9.17, 15) is 9.36 Å². The van der Waals surface area contributed by atoms with Crippen LogP contribution < -0.4 is 9.47 Å². The molecule has 0 aliphatic rings. The number of amides is 1. The molecule has 0 saturated heterocycles. The zero-order valence-electron chi connectivity index (χ0n) is 13.0. The molecule has 1 aromatic rings. The molecule has 1 atom stereocenters. The lowest BCUT2D eigenvalue weighted by atomic mass is 10.2. The van der Waals surface area contributed by atoms with Crippen molar-refractivity contribution in [1.82, 2.24) is 5.06 Å². The number of ether oxygens (including phenoxy) is 2. The summed E-state index contributed by atoms with van der Waals surface area (Å²) in [6.45, 7) is 1.82. The van der Waals surface area contributed by atoms with Crippen LogP contribution in [0.1, 0.15) is 18.9 Å². The van der Waals surface area contributed by atoms with Crippen molar-refractivity contribution in [2.75, 3.05) is 26.9 Å². The first-order valence-corrected chi connectivity index (χ1v) is 8.37. The minimum Gasteiger partial charge on any atom is -0.497 e. The second-order valence-corrected chi connectivity index (χ2v) is 5.90. The van der Waals surface area contributed by atoms with Crippen LogP contribution in [0.15, 0.2) is 18.2 Å². The number of hydrogen-bond donors (Lipinski definition) is 1. The Morgan fingerprint density at radius 3 is 2.27 bits per heavy atom. The van der Waals surface area contributed by atoms with E-state index in [-0.39, 0.29) is 25.2 Å². The summed E-state index contributed by atoms with van der Waals surface area (Å²) in [6, 6.07) is 5.31. The minimum atomic E-state index is -2.52. The van der Waals surface area contributed by atoms with Gasteiger partial charge in [-0.2, -0.15) is 0 Å². The zero-order chi connectivity index (χ0) is 16.5. The summed E-state index contributed by atoms with van der Waals surface area (Å²) in [7, 11) is 0.592. The van der Waals surface area contributed by atoms with Gasteiger partial charge in [0.2, 0.25) is 5.91 Å². The lowest BCUT2D eigenvalue weighted by molar-refractivity contribution is -0.189. The fourth-order valence-electron chi connectivity index (χ4n) is 1.79. The fourth-order valence-corrected chi connectivity index (χ4v) is 2.25.